The van der Waals surface area contributed by atoms with Crippen LogP contribution in [0.15, 0.2) is 30.3 Å². The fourth-order valence-electron chi connectivity index (χ4n) is 2.48. The first-order valence-electron chi connectivity index (χ1n) is 7.30. The topological polar surface area (TPSA) is 64.0 Å². The fourth-order valence-corrected chi connectivity index (χ4v) is 2.48. The van der Waals surface area contributed by atoms with Crippen molar-refractivity contribution in [2.24, 2.45) is 0 Å². The molecule has 0 fully saturated rings. The van der Waals surface area contributed by atoms with Crippen molar-refractivity contribution in [3.8, 4) is 0 Å². The Hall–Kier alpha value is -2.43. The van der Waals surface area contributed by atoms with Gasteiger partial charge in [0.1, 0.15) is 0 Å². The van der Waals surface area contributed by atoms with E-state index >= 15 is 0 Å². The maximum Gasteiger partial charge on any atom is 0.226 e. The molecule has 0 spiro atoms. The number of anilines is 1. The van der Waals surface area contributed by atoms with E-state index in [0.29, 0.717) is 17.7 Å². The van der Waals surface area contributed by atoms with Crippen LogP contribution in [0.1, 0.15) is 48.1 Å². The van der Waals surface area contributed by atoms with E-state index in [4.69, 9.17) is 0 Å². The van der Waals surface area contributed by atoms with Crippen molar-refractivity contribution in [1.82, 2.24) is 9.78 Å². The Morgan fingerprint density at radius 3 is 2.59 bits per heavy atom. The standard InChI is InChI=1S/C17H21N3O2/c1-11-8-12(2)20(19-11)13(3)9-17(22)18-16-7-5-6-15(10-16)14(4)21/h5-8,10,13H,9H2,1-4H3,(H,18,22)/t13-/m1/s1. The van der Waals surface area contributed by atoms with Crippen LogP contribution in [-0.4, -0.2) is 21.5 Å². The molecule has 5 nitrogen and oxygen atoms in total. The Bertz CT molecular complexity index is 704. The van der Waals surface area contributed by atoms with Crippen molar-refractivity contribution < 1.29 is 9.59 Å². The summed E-state index contributed by atoms with van der Waals surface area (Å²) in [5, 5.41) is 7.23. The normalized spacial score (nSPS) is 12.0. The molecule has 1 amide bonds. The number of nitrogens with one attached hydrogen (secondary N) is 1. The lowest BCUT2D eigenvalue weighted by Gasteiger charge is -2.14. The summed E-state index contributed by atoms with van der Waals surface area (Å²) < 4.78 is 1.86. The molecule has 0 aliphatic heterocycles. The number of ketones is 1. The van der Waals surface area contributed by atoms with E-state index < -0.39 is 0 Å². The summed E-state index contributed by atoms with van der Waals surface area (Å²) in [4.78, 5) is 23.5. The summed E-state index contributed by atoms with van der Waals surface area (Å²) >= 11 is 0. The minimum Gasteiger partial charge on any atom is -0.326 e. The van der Waals surface area contributed by atoms with Crippen LogP contribution >= 0.6 is 0 Å². The second-order valence-corrected chi connectivity index (χ2v) is 5.61. The first-order valence-corrected chi connectivity index (χ1v) is 7.30. The number of hydrogen-bond acceptors (Lipinski definition) is 3. The van der Waals surface area contributed by atoms with Crippen molar-refractivity contribution in [2.75, 3.05) is 5.32 Å². The molecule has 22 heavy (non-hydrogen) atoms. The van der Waals surface area contributed by atoms with E-state index in [1.165, 1.54) is 6.92 Å². The zero-order valence-electron chi connectivity index (χ0n) is 13.4. The Morgan fingerprint density at radius 2 is 2.00 bits per heavy atom. The highest BCUT2D eigenvalue weighted by atomic mass is 16.1. The van der Waals surface area contributed by atoms with Crippen LogP contribution in [0.2, 0.25) is 0 Å². The second-order valence-electron chi connectivity index (χ2n) is 5.61. The van der Waals surface area contributed by atoms with Gasteiger partial charge in [0.2, 0.25) is 5.91 Å². The van der Waals surface area contributed by atoms with Gasteiger partial charge in [-0.2, -0.15) is 5.10 Å². The quantitative estimate of drug-likeness (QED) is 0.862. The average Bonchev–Trinajstić information content (AvgIpc) is 2.77. The minimum absolute atomic E-state index is 0.0212. The SMILES string of the molecule is CC(=O)c1cccc(NC(=O)C[C@@H](C)n2nc(C)cc2C)c1. The predicted octanol–water partition coefficient (Wildman–Crippen LogP) is 3.29. The third-order valence-electron chi connectivity index (χ3n) is 3.50. The number of benzene rings is 1. The molecular formula is C17H21N3O2. The Kier molecular flexibility index (Phi) is 4.75. The second kappa shape index (κ2) is 6.56. The third-order valence-corrected chi connectivity index (χ3v) is 3.50. The number of amides is 1. The molecule has 5 heteroatoms. The number of aryl methyl sites for hydroxylation is 2. The van der Waals surface area contributed by atoms with Crippen molar-refractivity contribution in [3.05, 3.63) is 47.3 Å². The smallest absolute Gasteiger partial charge is 0.226 e. The highest BCUT2D eigenvalue weighted by molar-refractivity contribution is 5.97. The summed E-state index contributed by atoms with van der Waals surface area (Å²) in [6.07, 6.45) is 0.326. The molecular weight excluding hydrogens is 278 g/mol. The summed E-state index contributed by atoms with van der Waals surface area (Å²) in [6.45, 7) is 7.38. The van der Waals surface area contributed by atoms with Gasteiger partial charge in [0.25, 0.3) is 0 Å². The van der Waals surface area contributed by atoms with E-state index in [0.717, 1.165) is 11.4 Å². The molecule has 0 unspecified atom stereocenters. The molecule has 0 aliphatic rings. The van der Waals surface area contributed by atoms with Gasteiger partial charge in [-0.05, 0) is 45.9 Å². The molecule has 116 valence electrons. The van der Waals surface area contributed by atoms with Gasteiger partial charge in [-0.1, -0.05) is 12.1 Å². The van der Waals surface area contributed by atoms with Crippen LogP contribution in [0.5, 0.6) is 0 Å². The predicted molar refractivity (Wildman–Crippen MR) is 86.1 cm³/mol. The van der Waals surface area contributed by atoms with E-state index in [-0.39, 0.29) is 17.7 Å². The average molecular weight is 299 g/mol. The van der Waals surface area contributed by atoms with Crippen LogP contribution < -0.4 is 5.32 Å². The van der Waals surface area contributed by atoms with Crippen molar-refractivity contribution in [3.63, 3.8) is 0 Å². The maximum atomic E-state index is 12.2. The molecule has 0 saturated heterocycles. The number of carbonyl (C=O) groups excluding carboxylic acids is 2. The maximum absolute atomic E-state index is 12.2. The summed E-state index contributed by atoms with van der Waals surface area (Å²) in [7, 11) is 0. The van der Waals surface area contributed by atoms with Crippen molar-refractivity contribution in [2.45, 2.75) is 40.2 Å². The third kappa shape index (κ3) is 3.81. The van der Waals surface area contributed by atoms with Gasteiger partial charge in [0.05, 0.1) is 11.7 Å². The molecule has 1 N–H and O–H groups in total. The number of carbonyl (C=O) groups is 2. The molecule has 1 heterocycles. The summed E-state index contributed by atoms with van der Waals surface area (Å²) in [5.41, 5.74) is 3.21. The van der Waals surface area contributed by atoms with Crippen LogP contribution in [0.3, 0.4) is 0 Å². The van der Waals surface area contributed by atoms with E-state index in [1.807, 2.05) is 31.5 Å². The monoisotopic (exact) mass is 299 g/mol. The molecule has 0 saturated carbocycles. The Labute approximate surface area is 130 Å². The zero-order chi connectivity index (χ0) is 16.3. The summed E-state index contributed by atoms with van der Waals surface area (Å²) in [6, 6.07) is 8.93. The molecule has 0 radical (unpaired) electrons. The first-order chi connectivity index (χ1) is 10.4. The van der Waals surface area contributed by atoms with E-state index in [1.54, 1.807) is 24.3 Å². The lowest BCUT2D eigenvalue weighted by Crippen LogP contribution is -2.19. The van der Waals surface area contributed by atoms with Crippen molar-refractivity contribution >= 4 is 17.4 Å². The van der Waals surface area contributed by atoms with Crippen LogP contribution in [0.4, 0.5) is 5.69 Å². The lowest BCUT2D eigenvalue weighted by molar-refractivity contribution is -0.116. The zero-order valence-corrected chi connectivity index (χ0v) is 13.4. The van der Waals surface area contributed by atoms with Gasteiger partial charge in [-0.3, -0.25) is 14.3 Å². The molecule has 2 rings (SSSR count). The molecule has 0 aliphatic carbocycles. The molecule has 1 aromatic heterocycles. The van der Waals surface area contributed by atoms with Crippen LogP contribution in [0.25, 0.3) is 0 Å². The molecule has 1 atom stereocenters. The van der Waals surface area contributed by atoms with E-state index in [2.05, 4.69) is 10.4 Å². The van der Waals surface area contributed by atoms with Gasteiger partial charge in [0, 0.05) is 23.4 Å². The highest BCUT2D eigenvalue weighted by Gasteiger charge is 2.14. The van der Waals surface area contributed by atoms with Crippen LogP contribution in [0, 0.1) is 13.8 Å². The van der Waals surface area contributed by atoms with Gasteiger partial charge >= 0.3 is 0 Å². The summed E-state index contributed by atoms with van der Waals surface area (Å²) in [5.74, 6) is -0.118. The largest absolute Gasteiger partial charge is 0.326 e. The minimum atomic E-state index is -0.0965. The van der Waals surface area contributed by atoms with Crippen molar-refractivity contribution in [1.29, 1.82) is 0 Å². The van der Waals surface area contributed by atoms with Gasteiger partial charge in [0.15, 0.2) is 5.78 Å². The first kappa shape index (κ1) is 15.9. The van der Waals surface area contributed by atoms with Crippen LogP contribution in [-0.2, 0) is 4.79 Å². The highest BCUT2D eigenvalue weighted by Crippen LogP contribution is 2.16. The molecule has 2 aromatic rings. The molecule has 0 bridgehead atoms. The number of rotatable bonds is 5. The van der Waals surface area contributed by atoms with E-state index in [9.17, 15) is 9.59 Å². The van der Waals surface area contributed by atoms with Gasteiger partial charge < -0.3 is 5.32 Å². The Balaban J connectivity index is 2.02. The number of aromatic nitrogens is 2. The number of Topliss-reactive ketones (excluding diaryl/α,β-unsaturated/α-hetero) is 1. The van der Waals surface area contributed by atoms with Gasteiger partial charge in [-0.25, -0.2) is 0 Å². The van der Waals surface area contributed by atoms with Gasteiger partial charge in [-0.15, -0.1) is 0 Å². The Morgan fingerprint density at radius 1 is 1.27 bits per heavy atom. The lowest BCUT2D eigenvalue weighted by atomic mass is 10.1. The molecule has 1 aromatic carbocycles. The number of nitrogens with zero attached hydrogens (tertiary/aromatic N) is 2. The number of hydrogen-bond donors (Lipinski definition) is 1. The fraction of sp³-hybridized carbons (Fsp3) is 0.353.